The molecule has 6 heteroatoms. The van der Waals surface area contributed by atoms with E-state index in [1.54, 1.807) is 18.6 Å². The Kier molecular flexibility index (Phi) is 5.33. The molecule has 2 unspecified atom stereocenters. The fourth-order valence-corrected chi connectivity index (χ4v) is 4.02. The van der Waals surface area contributed by atoms with E-state index < -0.39 is 6.17 Å². The van der Waals surface area contributed by atoms with Gasteiger partial charge in [-0.3, -0.25) is 9.97 Å². The van der Waals surface area contributed by atoms with E-state index in [2.05, 4.69) is 40.6 Å². The van der Waals surface area contributed by atoms with E-state index in [0.717, 1.165) is 52.4 Å². The summed E-state index contributed by atoms with van der Waals surface area (Å²) >= 11 is 0. The molecule has 0 spiro atoms. The molecule has 1 aliphatic heterocycles. The number of alkyl halides is 1. The van der Waals surface area contributed by atoms with Crippen LogP contribution in [0, 0.1) is 6.92 Å². The van der Waals surface area contributed by atoms with Gasteiger partial charge in [0.1, 0.15) is 6.17 Å². The minimum absolute atomic E-state index is 0.302. The lowest BCUT2D eigenvalue weighted by atomic mass is 9.87. The number of fused-ring (bicyclic) bond motifs is 1. The molecule has 0 aromatic carbocycles. The molecule has 2 aromatic heterocycles. The third-order valence-corrected chi connectivity index (χ3v) is 6.09. The summed E-state index contributed by atoms with van der Waals surface area (Å²) in [6.45, 7) is 11.2. The van der Waals surface area contributed by atoms with E-state index >= 15 is 0 Å². The molecule has 0 radical (unpaired) electrons. The highest BCUT2D eigenvalue weighted by Crippen LogP contribution is 2.35. The van der Waals surface area contributed by atoms with Crippen LogP contribution in [-0.2, 0) is 6.42 Å². The lowest BCUT2D eigenvalue weighted by Crippen LogP contribution is -2.28. The molecule has 156 valence electrons. The van der Waals surface area contributed by atoms with Crippen molar-refractivity contribution >= 4 is 23.4 Å². The van der Waals surface area contributed by atoms with E-state index in [4.69, 9.17) is 5.73 Å². The summed E-state index contributed by atoms with van der Waals surface area (Å²) in [4.78, 5) is 11.0. The molecular formula is C24H28FN5. The minimum Gasteiger partial charge on any atom is -0.397 e. The number of anilines is 1. The van der Waals surface area contributed by atoms with Gasteiger partial charge < -0.3 is 16.0 Å². The molecule has 3 heterocycles. The van der Waals surface area contributed by atoms with E-state index in [1.807, 2.05) is 25.1 Å². The molecule has 1 fully saturated rings. The van der Waals surface area contributed by atoms with Gasteiger partial charge in [-0.2, -0.15) is 0 Å². The van der Waals surface area contributed by atoms with Gasteiger partial charge in [0.15, 0.2) is 0 Å². The molecule has 1 aliphatic carbocycles. The highest BCUT2D eigenvalue weighted by atomic mass is 19.1. The van der Waals surface area contributed by atoms with Crippen LogP contribution in [0.4, 0.5) is 10.1 Å². The lowest BCUT2D eigenvalue weighted by molar-refractivity contribution is 0.303. The van der Waals surface area contributed by atoms with Crippen LogP contribution < -0.4 is 11.1 Å². The van der Waals surface area contributed by atoms with Crippen LogP contribution in [-0.4, -0.2) is 33.6 Å². The van der Waals surface area contributed by atoms with Gasteiger partial charge in [-0.1, -0.05) is 13.5 Å². The Morgan fingerprint density at radius 2 is 2.20 bits per heavy atom. The number of hydrogen-bond acceptors (Lipinski definition) is 5. The second-order valence-corrected chi connectivity index (χ2v) is 8.11. The second kappa shape index (κ2) is 7.94. The Balaban J connectivity index is 1.66. The summed E-state index contributed by atoms with van der Waals surface area (Å²) in [6.07, 6.45) is 9.27. The van der Waals surface area contributed by atoms with E-state index in [1.165, 1.54) is 0 Å². The highest BCUT2D eigenvalue weighted by molar-refractivity contribution is 5.88. The van der Waals surface area contributed by atoms with Crippen molar-refractivity contribution in [3.63, 3.8) is 0 Å². The highest BCUT2D eigenvalue weighted by Gasteiger charge is 2.25. The Morgan fingerprint density at radius 1 is 1.40 bits per heavy atom. The summed E-state index contributed by atoms with van der Waals surface area (Å²) < 4.78 is 14.9. The number of nitrogens with two attached hydrogens (primary N) is 1. The standard InChI is InChI=1S/C24H28FN5/c1-5-14(2)30-13-20(29-16(30)4)9-19-6-17-7-21(23(25)8-18(17)10-28-19)22-11-27-12-24(26)15(22)3/h6-7,9-12,14,23,29H,4-5,8,13,26H2,1-3H3/b20-9-. The van der Waals surface area contributed by atoms with Crippen molar-refractivity contribution < 1.29 is 4.39 Å². The summed E-state index contributed by atoms with van der Waals surface area (Å²) in [6, 6.07) is 2.44. The molecule has 30 heavy (non-hydrogen) atoms. The number of aromatic nitrogens is 2. The van der Waals surface area contributed by atoms with Crippen molar-refractivity contribution in [1.29, 1.82) is 0 Å². The molecule has 0 saturated carbocycles. The third kappa shape index (κ3) is 3.70. The first-order chi connectivity index (χ1) is 14.4. The van der Waals surface area contributed by atoms with Crippen LogP contribution in [0.2, 0.25) is 0 Å². The van der Waals surface area contributed by atoms with Gasteiger partial charge in [-0.05, 0) is 60.8 Å². The van der Waals surface area contributed by atoms with Crippen LogP contribution in [0.3, 0.4) is 0 Å². The average Bonchev–Trinajstić information content (AvgIpc) is 3.09. The molecule has 2 aliphatic rings. The topological polar surface area (TPSA) is 67.1 Å². The second-order valence-electron chi connectivity index (χ2n) is 8.11. The smallest absolute Gasteiger partial charge is 0.130 e. The van der Waals surface area contributed by atoms with Gasteiger partial charge in [0.25, 0.3) is 0 Å². The molecule has 2 atom stereocenters. The van der Waals surface area contributed by atoms with Crippen LogP contribution in [0.1, 0.15) is 48.2 Å². The first-order valence-electron chi connectivity index (χ1n) is 10.4. The Labute approximate surface area is 177 Å². The number of halogens is 1. The molecule has 3 N–H and O–H groups in total. The maximum absolute atomic E-state index is 14.9. The number of nitrogens with one attached hydrogen (secondary N) is 1. The molecule has 1 saturated heterocycles. The first-order valence-corrected chi connectivity index (χ1v) is 10.4. The number of hydrogen-bond donors (Lipinski definition) is 2. The molecule has 0 amide bonds. The third-order valence-electron chi connectivity index (χ3n) is 6.09. The van der Waals surface area contributed by atoms with Crippen molar-refractivity contribution in [3.05, 3.63) is 70.7 Å². The Hall–Kier alpha value is -3.15. The fourth-order valence-electron chi connectivity index (χ4n) is 4.02. The van der Waals surface area contributed by atoms with Crippen molar-refractivity contribution in [2.45, 2.75) is 45.8 Å². The summed E-state index contributed by atoms with van der Waals surface area (Å²) in [5.41, 5.74) is 12.6. The molecular weight excluding hydrogens is 377 g/mol. The molecule has 4 rings (SSSR count). The molecule has 5 nitrogen and oxygen atoms in total. The van der Waals surface area contributed by atoms with Gasteiger partial charge in [0.05, 0.1) is 29.9 Å². The van der Waals surface area contributed by atoms with Crippen molar-refractivity contribution in [2.24, 2.45) is 0 Å². The van der Waals surface area contributed by atoms with Gasteiger partial charge in [0, 0.05) is 36.1 Å². The number of allylic oxidation sites excluding steroid dienone is 1. The fraction of sp³-hybridized carbons (Fsp3) is 0.333. The van der Waals surface area contributed by atoms with Crippen molar-refractivity contribution in [3.8, 4) is 0 Å². The zero-order valence-corrected chi connectivity index (χ0v) is 17.7. The van der Waals surface area contributed by atoms with Crippen LogP contribution in [0.5, 0.6) is 0 Å². The predicted octanol–water partition coefficient (Wildman–Crippen LogP) is 4.32. The molecule has 2 aromatic rings. The quantitative estimate of drug-likeness (QED) is 0.793. The van der Waals surface area contributed by atoms with Crippen LogP contribution in [0.15, 0.2) is 42.8 Å². The number of rotatable bonds is 4. The van der Waals surface area contributed by atoms with E-state index in [9.17, 15) is 4.39 Å². The number of pyridine rings is 2. The van der Waals surface area contributed by atoms with Crippen molar-refractivity contribution in [2.75, 3.05) is 12.3 Å². The predicted molar refractivity (Wildman–Crippen MR) is 121 cm³/mol. The van der Waals surface area contributed by atoms with Gasteiger partial charge in [-0.25, -0.2) is 4.39 Å². The van der Waals surface area contributed by atoms with E-state index in [0.29, 0.717) is 23.7 Å². The lowest BCUT2D eigenvalue weighted by Gasteiger charge is -2.24. The average molecular weight is 406 g/mol. The SMILES string of the molecule is C=C1N/C(=C\c2cc3c(cn2)CC(F)C(c2cncc(N)c2C)=C3)CN1C(C)CC. The number of nitrogens with zero attached hydrogens (tertiary/aromatic N) is 3. The van der Waals surface area contributed by atoms with Gasteiger partial charge in [-0.15, -0.1) is 0 Å². The summed E-state index contributed by atoms with van der Waals surface area (Å²) in [7, 11) is 0. The minimum atomic E-state index is -1.10. The van der Waals surface area contributed by atoms with E-state index in [-0.39, 0.29) is 0 Å². The maximum Gasteiger partial charge on any atom is 0.130 e. The maximum atomic E-state index is 14.9. The van der Waals surface area contributed by atoms with Crippen LogP contribution >= 0.6 is 0 Å². The van der Waals surface area contributed by atoms with Gasteiger partial charge in [0.2, 0.25) is 0 Å². The Morgan fingerprint density at radius 3 is 2.97 bits per heavy atom. The summed E-state index contributed by atoms with van der Waals surface area (Å²) in [5, 5.41) is 3.36. The normalized spacial score (nSPS) is 20.7. The summed E-state index contributed by atoms with van der Waals surface area (Å²) in [5.74, 6) is 0.917. The Bertz CT molecular complexity index is 1060. The van der Waals surface area contributed by atoms with Crippen LogP contribution in [0.25, 0.3) is 17.7 Å². The van der Waals surface area contributed by atoms with Gasteiger partial charge >= 0.3 is 0 Å². The number of nitrogen functional groups attached to an aromatic ring is 1. The monoisotopic (exact) mass is 405 g/mol. The zero-order chi connectivity index (χ0) is 21.4. The zero-order valence-electron chi connectivity index (χ0n) is 17.7. The first kappa shape index (κ1) is 20.1. The van der Waals surface area contributed by atoms with Crippen molar-refractivity contribution in [1.82, 2.24) is 20.2 Å². The molecule has 0 bridgehead atoms. The largest absolute Gasteiger partial charge is 0.397 e.